The van der Waals surface area contributed by atoms with E-state index in [9.17, 15) is 0 Å². The van der Waals surface area contributed by atoms with Crippen LogP contribution >= 0.6 is 0 Å². The molecule has 3 aliphatic rings. The Hall–Kier alpha value is -0.820. The molecular formula is C19H27N. The standard InChI is InChI=1S/C19H27N/c1-19(2,3)14-8-6-11(7-9-14)18(20)17-15-12-4-5-13(10-12)16(15)17/h6-9,12-13,15-18H,4-5,10,20H2,1-3H3. The lowest BCUT2D eigenvalue weighted by Crippen LogP contribution is -2.18. The molecule has 0 amide bonds. The topological polar surface area (TPSA) is 26.0 Å². The molecular weight excluding hydrogens is 242 g/mol. The summed E-state index contributed by atoms with van der Waals surface area (Å²) in [6.07, 6.45) is 4.48. The van der Waals surface area contributed by atoms with Gasteiger partial charge in [-0.15, -0.1) is 0 Å². The fraction of sp³-hybridized carbons (Fsp3) is 0.684. The molecule has 0 radical (unpaired) electrons. The molecule has 3 saturated carbocycles. The summed E-state index contributed by atoms with van der Waals surface area (Å²) >= 11 is 0. The highest BCUT2D eigenvalue weighted by Gasteiger charge is 2.66. The maximum atomic E-state index is 6.60. The number of benzene rings is 1. The summed E-state index contributed by atoms with van der Waals surface area (Å²) < 4.78 is 0. The van der Waals surface area contributed by atoms with Gasteiger partial charge < -0.3 is 5.73 Å². The van der Waals surface area contributed by atoms with Crippen LogP contribution in [0.15, 0.2) is 24.3 Å². The van der Waals surface area contributed by atoms with E-state index in [-0.39, 0.29) is 11.5 Å². The zero-order valence-electron chi connectivity index (χ0n) is 13.0. The fourth-order valence-corrected chi connectivity index (χ4v) is 5.30. The van der Waals surface area contributed by atoms with E-state index < -0.39 is 0 Å². The molecule has 1 nitrogen and oxygen atoms in total. The van der Waals surface area contributed by atoms with Crippen LogP contribution in [0.5, 0.6) is 0 Å². The van der Waals surface area contributed by atoms with Crippen molar-refractivity contribution >= 4 is 0 Å². The second-order valence-corrected chi connectivity index (χ2v) is 8.46. The molecule has 5 unspecified atom stereocenters. The summed E-state index contributed by atoms with van der Waals surface area (Å²) in [5, 5.41) is 0. The van der Waals surface area contributed by atoms with Crippen LogP contribution in [0.1, 0.15) is 57.2 Å². The number of hydrogen-bond acceptors (Lipinski definition) is 1. The van der Waals surface area contributed by atoms with E-state index in [1.807, 2.05) is 0 Å². The molecule has 0 heterocycles. The largest absolute Gasteiger partial charge is 0.324 e. The van der Waals surface area contributed by atoms with Crippen LogP contribution in [-0.2, 0) is 5.41 Å². The first-order valence-corrected chi connectivity index (χ1v) is 8.33. The molecule has 0 saturated heterocycles. The van der Waals surface area contributed by atoms with Crippen molar-refractivity contribution in [2.75, 3.05) is 0 Å². The van der Waals surface area contributed by atoms with Gasteiger partial charge in [-0.05, 0) is 65.4 Å². The van der Waals surface area contributed by atoms with Crippen LogP contribution < -0.4 is 5.73 Å². The Labute approximate surface area is 122 Å². The van der Waals surface area contributed by atoms with Crippen LogP contribution in [-0.4, -0.2) is 0 Å². The highest BCUT2D eigenvalue weighted by Crippen LogP contribution is 2.71. The van der Waals surface area contributed by atoms with Crippen molar-refractivity contribution in [1.29, 1.82) is 0 Å². The first-order chi connectivity index (χ1) is 9.47. The highest BCUT2D eigenvalue weighted by molar-refractivity contribution is 5.31. The van der Waals surface area contributed by atoms with Crippen LogP contribution in [0, 0.1) is 29.6 Å². The minimum absolute atomic E-state index is 0.234. The van der Waals surface area contributed by atoms with E-state index in [4.69, 9.17) is 5.73 Å². The molecule has 2 N–H and O–H groups in total. The highest BCUT2D eigenvalue weighted by atomic mass is 14.8. The minimum atomic E-state index is 0.234. The summed E-state index contributed by atoms with van der Waals surface area (Å²) in [5.41, 5.74) is 9.60. The summed E-state index contributed by atoms with van der Waals surface area (Å²) in [4.78, 5) is 0. The van der Waals surface area contributed by atoms with Crippen molar-refractivity contribution in [1.82, 2.24) is 0 Å². The molecule has 1 aromatic carbocycles. The smallest absolute Gasteiger partial charge is 0.0329 e. The first kappa shape index (κ1) is 12.9. The Morgan fingerprint density at radius 3 is 2.05 bits per heavy atom. The van der Waals surface area contributed by atoms with Crippen molar-refractivity contribution in [2.45, 2.75) is 51.5 Å². The Bertz CT molecular complexity index is 494. The van der Waals surface area contributed by atoms with Crippen molar-refractivity contribution < 1.29 is 0 Å². The Morgan fingerprint density at radius 1 is 1.00 bits per heavy atom. The Morgan fingerprint density at radius 2 is 1.55 bits per heavy atom. The van der Waals surface area contributed by atoms with E-state index in [1.54, 1.807) is 0 Å². The second-order valence-electron chi connectivity index (χ2n) is 8.46. The quantitative estimate of drug-likeness (QED) is 0.852. The van der Waals surface area contributed by atoms with E-state index in [2.05, 4.69) is 45.0 Å². The zero-order chi connectivity index (χ0) is 14.1. The monoisotopic (exact) mass is 269 g/mol. The minimum Gasteiger partial charge on any atom is -0.324 e. The SMILES string of the molecule is CC(C)(C)c1ccc(C(N)C2C3C4CCC(C4)C32)cc1. The lowest BCUT2D eigenvalue weighted by atomic mass is 9.85. The van der Waals surface area contributed by atoms with Crippen LogP contribution in [0.2, 0.25) is 0 Å². The van der Waals surface area contributed by atoms with E-state index in [0.717, 1.165) is 29.6 Å². The van der Waals surface area contributed by atoms with Gasteiger partial charge in [0.05, 0.1) is 0 Å². The van der Waals surface area contributed by atoms with Gasteiger partial charge in [-0.2, -0.15) is 0 Å². The lowest BCUT2D eigenvalue weighted by molar-refractivity contribution is 0.417. The number of hydrogen-bond donors (Lipinski definition) is 1. The van der Waals surface area contributed by atoms with Crippen LogP contribution in [0.25, 0.3) is 0 Å². The third-order valence-corrected chi connectivity index (χ3v) is 6.37. The van der Waals surface area contributed by atoms with E-state index in [1.165, 1.54) is 30.4 Å². The normalized spacial score (nSPS) is 39.7. The van der Waals surface area contributed by atoms with Gasteiger partial charge in [0.1, 0.15) is 0 Å². The molecule has 3 aliphatic carbocycles. The Balaban J connectivity index is 1.51. The second kappa shape index (κ2) is 4.10. The van der Waals surface area contributed by atoms with Crippen molar-refractivity contribution in [3.8, 4) is 0 Å². The zero-order valence-corrected chi connectivity index (χ0v) is 13.0. The van der Waals surface area contributed by atoms with Gasteiger partial charge in [-0.1, -0.05) is 45.0 Å². The van der Waals surface area contributed by atoms with Crippen LogP contribution in [0.3, 0.4) is 0 Å². The number of nitrogens with two attached hydrogens (primary N) is 1. The molecule has 0 aliphatic heterocycles. The summed E-state index contributed by atoms with van der Waals surface area (Å²) in [7, 11) is 0. The molecule has 1 heteroatoms. The molecule has 3 fully saturated rings. The molecule has 2 bridgehead atoms. The van der Waals surface area contributed by atoms with Gasteiger partial charge in [0.2, 0.25) is 0 Å². The average Bonchev–Trinajstić information content (AvgIpc) is 2.84. The van der Waals surface area contributed by atoms with Crippen LogP contribution in [0.4, 0.5) is 0 Å². The van der Waals surface area contributed by atoms with Gasteiger partial charge in [0.15, 0.2) is 0 Å². The molecule has 108 valence electrons. The summed E-state index contributed by atoms with van der Waals surface area (Å²) in [6.45, 7) is 6.81. The summed E-state index contributed by atoms with van der Waals surface area (Å²) in [6, 6.07) is 9.40. The first-order valence-electron chi connectivity index (χ1n) is 8.33. The average molecular weight is 269 g/mol. The van der Waals surface area contributed by atoms with Gasteiger partial charge >= 0.3 is 0 Å². The van der Waals surface area contributed by atoms with Gasteiger partial charge in [-0.25, -0.2) is 0 Å². The predicted octanol–water partition coefficient (Wildman–Crippen LogP) is 4.28. The third-order valence-electron chi connectivity index (χ3n) is 6.37. The van der Waals surface area contributed by atoms with Gasteiger partial charge in [-0.3, -0.25) is 0 Å². The predicted molar refractivity (Wildman–Crippen MR) is 83.4 cm³/mol. The molecule has 20 heavy (non-hydrogen) atoms. The number of fused-ring (bicyclic) bond motifs is 5. The van der Waals surface area contributed by atoms with E-state index in [0.29, 0.717) is 0 Å². The fourth-order valence-electron chi connectivity index (χ4n) is 5.30. The summed E-state index contributed by atoms with van der Waals surface area (Å²) in [5.74, 6) is 4.80. The Kier molecular flexibility index (Phi) is 2.64. The molecule has 0 spiro atoms. The maximum absolute atomic E-state index is 6.60. The van der Waals surface area contributed by atoms with Crippen molar-refractivity contribution in [2.24, 2.45) is 35.3 Å². The van der Waals surface area contributed by atoms with Crippen molar-refractivity contribution in [3.63, 3.8) is 0 Å². The van der Waals surface area contributed by atoms with Gasteiger partial charge in [0, 0.05) is 6.04 Å². The molecule has 0 aromatic heterocycles. The molecule has 5 atom stereocenters. The van der Waals surface area contributed by atoms with Gasteiger partial charge in [0.25, 0.3) is 0 Å². The molecule has 1 aromatic rings. The number of rotatable bonds is 2. The molecule has 4 rings (SSSR count). The third kappa shape index (κ3) is 1.79. The lowest BCUT2D eigenvalue weighted by Gasteiger charge is -2.21. The maximum Gasteiger partial charge on any atom is 0.0329 e. The van der Waals surface area contributed by atoms with E-state index >= 15 is 0 Å². The van der Waals surface area contributed by atoms with Crippen molar-refractivity contribution in [3.05, 3.63) is 35.4 Å².